The summed E-state index contributed by atoms with van der Waals surface area (Å²) in [6, 6.07) is 6.01. The van der Waals surface area contributed by atoms with Gasteiger partial charge in [-0.25, -0.2) is 4.98 Å². The molecule has 0 spiro atoms. The van der Waals surface area contributed by atoms with Crippen LogP contribution in [-0.2, 0) is 20.2 Å². The number of hydrogen-bond donors (Lipinski definition) is 1. The average molecular weight is 289 g/mol. The topological polar surface area (TPSA) is 48.3 Å². The van der Waals surface area contributed by atoms with Crippen LogP contribution in [0.4, 0.5) is 0 Å². The zero-order chi connectivity index (χ0) is 15.1. The van der Waals surface area contributed by atoms with E-state index in [0.717, 1.165) is 36.8 Å². The fourth-order valence-corrected chi connectivity index (χ4v) is 2.03. The van der Waals surface area contributed by atoms with Gasteiger partial charge in [-0.3, -0.25) is 0 Å². The largest absolute Gasteiger partial charge is 0.493 e. The molecule has 0 bridgehead atoms. The van der Waals surface area contributed by atoms with E-state index < -0.39 is 0 Å². The van der Waals surface area contributed by atoms with E-state index >= 15 is 0 Å². The van der Waals surface area contributed by atoms with Crippen molar-refractivity contribution in [3.8, 4) is 11.5 Å². The molecule has 1 N–H and O–H groups in total. The number of nitrogens with one attached hydrogen (secondary N) is 1. The summed E-state index contributed by atoms with van der Waals surface area (Å²) in [5.74, 6) is 2.37. The maximum atomic E-state index is 5.86. The molecule has 1 aromatic carbocycles. The van der Waals surface area contributed by atoms with Gasteiger partial charge in [-0.1, -0.05) is 13.0 Å². The molecule has 0 unspecified atom stereocenters. The quantitative estimate of drug-likeness (QED) is 0.759. The molecule has 0 fully saturated rings. The molecule has 0 saturated heterocycles. The minimum atomic E-state index is 0.422. The maximum absolute atomic E-state index is 5.86. The minimum absolute atomic E-state index is 0.422. The van der Waals surface area contributed by atoms with Gasteiger partial charge in [-0.05, 0) is 30.7 Å². The lowest BCUT2D eigenvalue weighted by atomic mass is 10.2. The van der Waals surface area contributed by atoms with Crippen LogP contribution < -0.4 is 14.8 Å². The number of aromatic nitrogens is 2. The van der Waals surface area contributed by atoms with Crippen molar-refractivity contribution in [1.82, 2.24) is 14.9 Å². The van der Waals surface area contributed by atoms with Crippen LogP contribution in [0.2, 0.25) is 0 Å². The first-order valence-corrected chi connectivity index (χ1v) is 7.21. The van der Waals surface area contributed by atoms with Crippen molar-refractivity contribution in [2.75, 3.05) is 13.7 Å². The van der Waals surface area contributed by atoms with Crippen molar-refractivity contribution in [3.05, 3.63) is 42.0 Å². The monoisotopic (exact) mass is 289 g/mol. The molecule has 0 amide bonds. The van der Waals surface area contributed by atoms with Gasteiger partial charge in [0.25, 0.3) is 0 Å². The molecule has 114 valence electrons. The normalized spacial score (nSPS) is 10.6. The van der Waals surface area contributed by atoms with E-state index in [4.69, 9.17) is 9.47 Å². The molecule has 5 nitrogen and oxygen atoms in total. The van der Waals surface area contributed by atoms with Crippen LogP contribution in [0.25, 0.3) is 0 Å². The second kappa shape index (κ2) is 7.69. The molecule has 2 aromatic rings. The first-order valence-electron chi connectivity index (χ1n) is 7.21. The van der Waals surface area contributed by atoms with Gasteiger partial charge >= 0.3 is 0 Å². The van der Waals surface area contributed by atoms with Crippen LogP contribution in [0.3, 0.4) is 0 Å². The number of methoxy groups -OCH3 is 1. The molecule has 0 radical (unpaired) electrons. The summed E-state index contributed by atoms with van der Waals surface area (Å²) < 4.78 is 13.2. The van der Waals surface area contributed by atoms with Crippen molar-refractivity contribution >= 4 is 0 Å². The van der Waals surface area contributed by atoms with Crippen molar-refractivity contribution in [3.63, 3.8) is 0 Å². The highest BCUT2D eigenvalue weighted by atomic mass is 16.5. The number of ether oxygens (including phenoxy) is 2. The van der Waals surface area contributed by atoms with Gasteiger partial charge in [-0.2, -0.15) is 0 Å². The van der Waals surface area contributed by atoms with Crippen molar-refractivity contribution in [1.29, 1.82) is 0 Å². The molecular formula is C16H23N3O2. The Morgan fingerprint density at radius 2 is 2.14 bits per heavy atom. The third kappa shape index (κ3) is 4.23. The highest BCUT2D eigenvalue weighted by molar-refractivity contribution is 5.43. The number of rotatable bonds is 8. The van der Waals surface area contributed by atoms with E-state index in [-0.39, 0.29) is 0 Å². The summed E-state index contributed by atoms with van der Waals surface area (Å²) in [5, 5.41) is 3.38. The minimum Gasteiger partial charge on any atom is -0.493 e. The maximum Gasteiger partial charge on any atom is 0.162 e. The lowest BCUT2D eigenvalue weighted by molar-refractivity contribution is 0.273. The number of nitrogens with zero attached hydrogens (tertiary/aromatic N) is 2. The molecule has 0 aliphatic carbocycles. The average Bonchev–Trinajstić information content (AvgIpc) is 2.91. The van der Waals surface area contributed by atoms with Gasteiger partial charge in [0.15, 0.2) is 11.5 Å². The van der Waals surface area contributed by atoms with Crippen LogP contribution >= 0.6 is 0 Å². The molecule has 0 aliphatic rings. The van der Waals surface area contributed by atoms with Gasteiger partial charge in [0.05, 0.1) is 7.11 Å². The number of benzene rings is 1. The molecule has 21 heavy (non-hydrogen) atoms. The molecule has 0 saturated carbocycles. The first-order chi connectivity index (χ1) is 10.2. The van der Waals surface area contributed by atoms with Crippen LogP contribution in [0, 0.1) is 0 Å². The third-order valence-corrected chi connectivity index (χ3v) is 3.26. The van der Waals surface area contributed by atoms with Crippen LogP contribution in [-0.4, -0.2) is 23.2 Å². The highest BCUT2D eigenvalue weighted by Crippen LogP contribution is 2.28. The zero-order valence-electron chi connectivity index (χ0n) is 12.9. The van der Waals surface area contributed by atoms with E-state index in [9.17, 15) is 0 Å². The standard InChI is InChI=1S/C16H23N3O2/c1-4-7-17-11-13-5-6-14(20-3)15(10-13)21-12-16-18-8-9-19(16)2/h5-6,8-10,17H,4,7,11-12H2,1-3H3. The summed E-state index contributed by atoms with van der Waals surface area (Å²) in [6.45, 7) is 4.42. The Balaban J connectivity index is 2.05. The Kier molecular flexibility index (Phi) is 5.63. The highest BCUT2D eigenvalue weighted by Gasteiger charge is 2.08. The Hall–Kier alpha value is -2.01. The molecule has 0 atom stereocenters. The Morgan fingerprint density at radius 3 is 2.81 bits per heavy atom. The van der Waals surface area contributed by atoms with E-state index in [0.29, 0.717) is 6.61 Å². The first kappa shape index (κ1) is 15.4. The smallest absolute Gasteiger partial charge is 0.162 e. The second-order valence-corrected chi connectivity index (χ2v) is 4.91. The number of imidazole rings is 1. The fourth-order valence-electron chi connectivity index (χ4n) is 2.03. The van der Waals surface area contributed by atoms with Gasteiger partial charge in [0, 0.05) is 26.0 Å². The molecule has 2 rings (SSSR count). The predicted molar refractivity (Wildman–Crippen MR) is 82.5 cm³/mol. The van der Waals surface area contributed by atoms with E-state index in [1.165, 1.54) is 5.56 Å². The molecule has 5 heteroatoms. The molecular weight excluding hydrogens is 266 g/mol. The summed E-state index contributed by atoms with van der Waals surface area (Å²) in [7, 11) is 3.60. The Morgan fingerprint density at radius 1 is 1.29 bits per heavy atom. The van der Waals surface area contributed by atoms with Gasteiger partial charge < -0.3 is 19.4 Å². The summed E-state index contributed by atoms with van der Waals surface area (Å²) in [5.41, 5.74) is 1.18. The van der Waals surface area contributed by atoms with Crippen molar-refractivity contribution in [2.24, 2.45) is 7.05 Å². The lowest BCUT2D eigenvalue weighted by Gasteiger charge is -2.12. The van der Waals surface area contributed by atoms with Crippen LogP contribution in [0.1, 0.15) is 24.7 Å². The number of aryl methyl sites for hydroxylation is 1. The van der Waals surface area contributed by atoms with Gasteiger partial charge in [0.1, 0.15) is 12.4 Å². The summed E-state index contributed by atoms with van der Waals surface area (Å²) in [6.07, 6.45) is 4.79. The Labute approximate surface area is 125 Å². The van der Waals surface area contributed by atoms with Gasteiger partial charge in [0.2, 0.25) is 0 Å². The third-order valence-electron chi connectivity index (χ3n) is 3.26. The van der Waals surface area contributed by atoms with Crippen LogP contribution in [0.15, 0.2) is 30.6 Å². The zero-order valence-corrected chi connectivity index (χ0v) is 12.9. The summed E-state index contributed by atoms with van der Waals surface area (Å²) >= 11 is 0. The fraction of sp³-hybridized carbons (Fsp3) is 0.438. The second-order valence-electron chi connectivity index (χ2n) is 4.91. The predicted octanol–water partition coefficient (Wildman–Crippen LogP) is 2.51. The summed E-state index contributed by atoms with van der Waals surface area (Å²) in [4.78, 5) is 4.25. The molecule has 0 aliphatic heterocycles. The molecule has 1 aromatic heterocycles. The van der Waals surface area contributed by atoms with E-state index in [1.54, 1.807) is 13.3 Å². The Bertz CT molecular complexity index is 566. The molecule has 1 heterocycles. The van der Waals surface area contributed by atoms with Crippen molar-refractivity contribution in [2.45, 2.75) is 26.5 Å². The van der Waals surface area contributed by atoms with E-state index in [2.05, 4.69) is 23.3 Å². The lowest BCUT2D eigenvalue weighted by Crippen LogP contribution is -2.13. The van der Waals surface area contributed by atoms with E-state index in [1.807, 2.05) is 29.9 Å². The van der Waals surface area contributed by atoms with Crippen LogP contribution in [0.5, 0.6) is 11.5 Å². The number of hydrogen-bond acceptors (Lipinski definition) is 4. The SMILES string of the molecule is CCCNCc1ccc(OC)c(OCc2nccn2C)c1. The van der Waals surface area contributed by atoms with Gasteiger partial charge in [-0.15, -0.1) is 0 Å². The van der Waals surface area contributed by atoms with Crippen molar-refractivity contribution < 1.29 is 9.47 Å².